The van der Waals surface area contributed by atoms with Crippen molar-refractivity contribution in [1.29, 1.82) is 0 Å². The molecule has 1 N–H and O–H groups in total. The molecule has 2 aromatic carbocycles. The van der Waals surface area contributed by atoms with Crippen molar-refractivity contribution in [3.05, 3.63) is 103 Å². The van der Waals surface area contributed by atoms with Crippen LogP contribution in [0.25, 0.3) is 5.69 Å². The average Bonchev–Trinajstić information content (AvgIpc) is 3.70. The Hall–Kier alpha value is -3.84. The van der Waals surface area contributed by atoms with Crippen molar-refractivity contribution in [1.82, 2.24) is 14.9 Å². The zero-order valence-corrected chi connectivity index (χ0v) is 22.6. The first-order chi connectivity index (χ1) is 18.6. The lowest BCUT2D eigenvalue weighted by molar-refractivity contribution is 0.210. The summed E-state index contributed by atoms with van der Waals surface area (Å²) in [5, 5.41) is 4.26. The van der Waals surface area contributed by atoms with E-state index in [0.29, 0.717) is 11.2 Å². The third kappa shape index (κ3) is 4.74. The summed E-state index contributed by atoms with van der Waals surface area (Å²) in [5.41, 5.74) is 5.39. The van der Waals surface area contributed by atoms with Crippen LogP contribution in [0, 0.1) is 0 Å². The summed E-state index contributed by atoms with van der Waals surface area (Å²) in [6, 6.07) is 27.1. The fraction of sp³-hybridized carbons (Fsp3) is 0.290. The second-order valence-electron chi connectivity index (χ2n) is 10.2. The van der Waals surface area contributed by atoms with E-state index in [-0.39, 0.29) is 12.1 Å². The molecule has 2 atom stereocenters. The highest BCUT2D eigenvalue weighted by molar-refractivity contribution is 7.80. The summed E-state index contributed by atoms with van der Waals surface area (Å²) >= 11 is 5.95. The molecule has 1 aliphatic carbocycles. The number of thiocarbonyl (C=S) groups is 1. The van der Waals surface area contributed by atoms with Crippen LogP contribution < -0.4 is 19.9 Å². The Balaban J connectivity index is 1.38. The van der Waals surface area contributed by atoms with E-state index in [1.807, 2.05) is 18.3 Å². The minimum atomic E-state index is -0.104. The normalized spacial score (nSPS) is 19.5. The van der Waals surface area contributed by atoms with Gasteiger partial charge in [-0.1, -0.05) is 6.07 Å². The molecular formula is C31H33N5OS. The molecule has 0 unspecified atom stereocenters. The Kier molecular flexibility index (Phi) is 6.77. The van der Waals surface area contributed by atoms with Crippen LogP contribution in [-0.4, -0.2) is 34.9 Å². The van der Waals surface area contributed by atoms with Crippen molar-refractivity contribution >= 4 is 28.7 Å². The lowest BCUT2D eigenvalue weighted by Gasteiger charge is -2.29. The number of aromatic nitrogens is 2. The Morgan fingerprint density at radius 2 is 1.63 bits per heavy atom. The number of anilines is 2. The van der Waals surface area contributed by atoms with Gasteiger partial charge in [0.05, 0.1) is 17.8 Å². The quantitative estimate of drug-likeness (QED) is 0.282. The molecule has 2 aromatic heterocycles. The number of rotatable bonds is 7. The van der Waals surface area contributed by atoms with Crippen LogP contribution in [0.4, 0.5) is 11.4 Å². The van der Waals surface area contributed by atoms with Gasteiger partial charge in [-0.2, -0.15) is 0 Å². The van der Waals surface area contributed by atoms with Crippen LogP contribution in [0.1, 0.15) is 49.2 Å². The zero-order valence-electron chi connectivity index (χ0n) is 21.8. The van der Waals surface area contributed by atoms with Gasteiger partial charge in [-0.3, -0.25) is 4.98 Å². The maximum atomic E-state index is 6.23. The van der Waals surface area contributed by atoms with Crippen molar-refractivity contribution in [3.63, 3.8) is 0 Å². The van der Waals surface area contributed by atoms with Crippen molar-refractivity contribution < 1.29 is 4.74 Å². The summed E-state index contributed by atoms with van der Waals surface area (Å²) < 4.78 is 8.48. The molecule has 1 saturated carbocycles. The van der Waals surface area contributed by atoms with Crippen LogP contribution in [-0.2, 0) is 0 Å². The fourth-order valence-corrected chi connectivity index (χ4v) is 5.94. The third-order valence-electron chi connectivity index (χ3n) is 7.55. The molecule has 2 aliphatic rings. The van der Waals surface area contributed by atoms with Gasteiger partial charge in [0.1, 0.15) is 11.8 Å². The van der Waals surface area contributed by atoms with Gasteiger partial charge < -0.3 is 24.4 Å². The maximum Gasteiger partial charge on any atom is 0.174 e. The number of hydrogen-bond acceptors (Lipinski definition) is 4. The summed E-state index contributed by atoms with van der Waals surface area (Å²) in [6.45, 7) is 0. The first kappa shape index (κ1) is 24.5. The molecule has 0 radical (unpaired) electrons. The second kappa shape index (κ2) is 10.5. The predicted octanol–water partition coefficient (Wildman–Crippen LogP) is 6.44. The molecular weight excluding hydrogens is 490 g/mol. The van der Waals surface area contributed by atoms with Crippen LogP contribution in [0.2, 0.25) is 0 Å². The Morgan fingerprint density at radius 3 is 2.32 bits per heavy atom. The monoisotopic (exact) mass is 523 g/mol. The number of benzene rings is 2. The van der Waals surface area contributed by atoms with Crippen LogP contribution in [0.5, 0.6) is 5.75 Å². The van der Waals surface area contributed by atoms with Gasteiger partial charge in [0.25, 0.3) is 0 Å². The maximum absolute atomic E-state index is 6.23. The largest absolute Gasteiger partial charge is 0.490 e. The number of nitrogens with one attached hydrogen (secondary N) is 1. The van der Waals surface area contributed by atoms with E-state index in [0.717, 1.165) is 41.4 Å². The van der Waals surface area contributed by atoms with Gasteiger partial charge in [-0.05, 0) is 111 Å². The summed E-state index contributed by atoms with van der Waals surface area (Å²) in [4.78, 5) is 9.03. The highest BCUT2D eigenvalue weighted by Gasteiger charge is 2.42. The van der Waals surface area contributed by atoms with E-state index in [2.05, 4.69) is 107 Å². The van der Waals surface area contributed by atoms with Crippen LogP contribution in [0.3, 0.4) is 0 Å². The summed E-state index contributed by atoms with van der Waals surface area (Å²) in [7, 11) is 4.11. The minimum Gasteiger partial charge on any atom is -0.490 e. The van der Waals surface area contributed by atoms with E-state index in [4.69, 9.17) is 21.9 Å². The number of hydrogen-bond donors (Lipinski definition) is 1. The SMILES string of the molecule is CN(C)c1ccc(-n2cccc2[C@H]2[C@@H](c3ccccn3)NC(=S)N2c2ccc(OC3CCCC3)cc2)cc1. The molecule has 3 heterocycles. The van der Waals surface area contributed by atoms with Gasteiger partial charge in [-0.15, -0.1) is 0 Å². The molecule has 194 valence electrons. The molecule has 38 heavy (non-hydrogen) atoms. The molecule has 0 amide bonds. The Bertz CT molecular complexity index is 1380. The van der Waals surface area contributed by atoms with Gasteiger partial charge in [-0.25, -0.2) is 0 Å². The predicted molar refractivity (Wildman–Crippen MR) is 157 cm³/mol. The highest BCUT2D eigenvalue weighted by Crippen LogP contribution is 2.42. The van der Waals surface area contributed by atoms with Crippen molar-refractivity contribution in [2.75, 3.05) is 23.9 Å². The molecule has 7 heteroatoms. The van der Waals surface area contributed by atoms with Gasteiger partial charge in [0.2, 0.25) is 0 Å². The molecule has 1 aliphatic heterocycles. The molecule has 6 rings (SSSR count). The number of pyridine rings is 1. The first-order valence-corrected chi connectivity index (χ1v) is 13.7. The third-order valence-corrected chi connectivity index (χ3v) is 7.86. The average molecular weight is 524 g/mol. The molecule has 0 bridgehead atoms. The van der Waals surface area contributed by atoms with E-state index in [1.165, 1.54) is 18.5 Å². The first-order valence-electron chi connectivity index (χ1n) is 13.3. The van der Waals surface area contributed by atoms with E-state index in [1.54, 1.807) is 0 Å². The summed E-state index contributed by atoms with van der Waals surface area (Å²) in [6.07, 6.45) is 9.08. The van der Waals surface area contributed by atoms with Gasteiger partial charge in [0.15, 0.2) is 5.11 Å². The molecule has 6 nitrogen and oxygen atoms in total. The topological polar surface area (TPSA) is 45.6 Å². The second-order valence-corrected chi connectivity index (χ2v) is 10.6. The molecule has 4 aromatic rings. The van der Waals surface area contributed by atoms with Crippen LogP contribution in [0.15, 0.2) is 91.3 Å². The lowest BCUT2D eigenvalue weighted by atomic mass is 10.0. The van der Waals surface area contributed by atoms with Crippen molar-refractivity contribution in [2.24, 2.45) is 0 Å². The Morgan fingerprint density at radius 1 is 0.895 bits per heavy atom. The zero-order chi connectivity index (χ0) is 26.1. The van der Waals surface area contributed by atoms with Crippen molar-refractivity contribution in [3.8, 4) is 11.4 Å². The van der Waals surface area contributed by atoms with Crippen molar-refractivity contribution in [2.45, 2.75) is 43.9 Å². The fourth-order valence-electron chi connectivity index (χ4n) is 5.60. The minimum absolute atomic E-state index is 0.0949. The number of nitrogens with zero attached hydrogens (tertiary/aromatic N) is 4. The van der Waals surface area contributed by atoms with Gasteiger partial charge >= 0.3 is 0 Å². The lowest BCUT2D eigenvalue weighted by Crippen LogP contribution is -2.30. The standard InChI is InChI=1S/C31H33N5OS/c1-34(2)22-12-14-23(15-13-22)35-21-7-11-28(35)30-29(27-10-5-6-20-32-27)33-31(38)36(30)24-16-18-26(19-17-24)37-25-8-3-4-9-25/h5-7,10-21,25,29-30H,3-4,8-9H2,1-2H3,(H,33,38)/t29-,30+/m1/s1. The summed E-state index contributed by atoms with van der Waals surface area (Å²) in [5.74, 6) is 0.918. The van der Waals surface area contributed by atoms with E-state index >= 15 is 0 Å². The Labute approximate surface area is 229 Å². The van der Waals surface area contributed by atoms with E-state index < -0.39 is 0 Å². The number of ether oxygens (including phenoxy) is 1. The van der Waals surface area contributed by atoms with Crippen LogP contribution >= 0.6 is 12.2 Å². The molecule has 2 fully saturated rings. The molecule has 0 spiro atoms. The molecule has 1 saturated heterocycles. The van der Waals surface area contributed by atoms with Gasteiger partial charge in [0, 0.05) is 49.2 Å². The smallest absolute Gasteiger partial charge is 0.174 e. The van der Waals surface area contributed by atoms with E-state index in [9.17, 15) is 0 Å². The highest BCUT2D eigenvalue weighted by atomic mass is 32.1.